The summed E-state index contributed by atoms with van der Waals surface area (Å²) in [5.41, 5.74) is 1.81. The minimum Gasteiger partial charge on any atom is -0.478 e. The van der Waals surface area contributed by atoms with Crippen LogP contribution in [0.1, 0.15) is 20.7 Å². The van der Waals surface area contributed by atoms with Gasteiger partial charge in [-0.15, -0.1) is 0 Å². The lowest BCUT2D eigenvalue weighted by Crippen LogP contribution is -2.15. The van der Waals surface area contributed by atoms with Crippen molar-refractivity contribution < 1.29 is 14.7 Å². The molecule has 0 radical (unpaired) electrons. The predicted molar refractivity (Wildman–Crippen MR) is 82.1 cm³/mol. The second kappa shape index (κ2) is 6.09. The Kier molecular flexibility index (Phi) is 4.23. The molecule has 5 nitrogen and oxygen atoms in total. The number of hydrogen-bond donors (Lipinski definition) is 2. The van der Waals surface area contributed by atoms with Crippen molar-refractivity contribution >= 4 is 23.3 Å². The van der Waals surface area contributed by atoms with Crippen LogP contribution < -0.4 is 10.2 Å². The van der Waals surface area contributed by atoms with Crippen LogP contribution in [0.3, 0.4) is 0 Å². The van der Waals surface area contributed by atoms with Crippen LogP contribution in [0.15, 0.2) is 48.5 Å². The van der Waals surface area contributed by atoms with E-state index in [0.717, 1.165) is 5.69 Å². The monoisotopic (exact) mass is 284 g/mol. The summed E-state index contributed by atoms with van der Waals surface area (Å²) >= 11 is 0. The number of hydrogen-bond acceptors (Lipinski definition) is 3. The van der Waals surface area contributed by atoms with Crippen LogP contribution in [0, 0.1) is 0 Å². The third kappa shape index (κ3) is 3.39. The molecule has 21 heavy (non-hydrogen) atoms. The Bertz CT molecular complexity index is 663. The first-order valence-corrected chi connectivity index (χ1v) is 6.40. The van der Waals surface area contributed by atoms with Crippen molar-refractivity contribution in [2.24, 2.45) is 0 Å². The van der Waals surface area contributed by atoms with E-state index in [2.05, 4.69) is 5.32 Å². The Morgan fingerprint density at radius 2 is 1.62 bits per heavy atom. The third-order valence-corrected chi connectivity index (χ3v) is 3.05. The molecule has 0 unspecified atom stereocenters. The maximum atomic E-state index is 12.2. The molecule has 5 heteroatoms. The number of aromatic carboxylic acids is 1. The van der Waals surface area contributed by atoms with Gasteiger partial charge in [-0.3, -0.25) is 4.79 Å². The number of nitrogens with one attached hydrogen (secondary N) is 1. The molecule has 0 spiro atoms. The van der Waals surface area contributed by atoms with Crippen molar-refractivity contribution in [3.05, 3.63) is 59.7 Å². The van der Waals surface area contributed by atoms with Gasteiger partial charge in [0.1, 0.15) is 0 Å². The molecule has 2 N–H and O–H groups in total. The molecule has 0 heterocycles. The summed E-state index contributed by atoms with van der Waals surface area (Å²) in [6.45, 7) is 0. The van der Waals surface area contributed by atoms with E-state index in [1.807, 2.05) is 31.1 Å². The highest BCUT2D eigenvalue weighted by Crippen LogP contribution is 2.17. The lowest BCUT2D eigenvalue weighted by Gasteiger charge is -2.13. The van der Waals surface area contributed by atoms with E-state index in [4.69, 9.17) is 5.11 Å². The van der Waals surface area contributed by atoms with Crippen LogP contribution in [0.25, 0.3) is 0 Å². The Balaban J connectivity index is 2.20. The van der Waals surface area contributed by atoms with Gasteiger partial charge in [0.15, 0.2) is 0 Å². The molecule has 0 saturated carbocycles. The number of benzene rings is 2. The average Bonchev–Trinajstić information content (AvgIpc) is 2.47. The van der Waals surface area contributed by atoms with E-state index in [0.29, 0.717) is 5.56 Å². The zero-order valence-corrected chi connectivity index (χ0v) is 11.8. The highest BCUT2D eigenvalue weighted by molar-refractivity contribution is 6.07. The number of amides is 1. The fraction of sp³-hybridized carbons (Fsp3) is 0.125. The molecular formula is C16H16N2O3. The van der Waals surface area contributed by atoms with Crippen LogP contribution in [0.5, 0.6) is 0 Å². The van der Waals surface area contributed by atoms with Gasteiger partial charge in [0.2, 0.25) is 0 Å². The zero-order valence-electron chi connectivity index (χ0n) is 11.8. The smallest absolute Gasteiger partial charge is 0.337 e. The molecule has 0 atom stereocenters. The second-order valence-electron chi connectivity index (χ2n) is 4.75. The standard InChI is InChI=1S/C16H16N2O3/c1-18(2)12-9-7-11(8-10-12)15(19)17-14-6-4-3-5-13(14)16(20)21/h3-10H,1-2H3,(H,17,19)(H,20,21). The van der Waals surface area contributed by atoms with Crippen LogP contribution in [0.4, 0.5) is 11.4 Å². The molecular weight excluding hydrogens is 268 g/mol. The molecule has 0 aromatic heterocycles. The first-order valence-electron chi connectivity index (χ1n) is 6.40. The van der Waals surface area contributed by atoms with Gasteiger partial charge < -0.3 is 15.3 Å². The second-order valence-corrected chi connectivity index (χ2v) is 4.75. The van der Waals surface area contributed by atoms with Gasteiger partial charge in [0.05, 0.1) is 11.3 Å². The summed E-state index contributed by atoms with van der Waals surface area (Å²) in [6.07, 6.45) is 0. The number of para-hydroxylation sites is 1. The zero-order chi connectivity index (χ0) is 15.4. The number of rotatable bonds is 4. The Hall–Kier alpha value is -2.82. The normalized spacial score (nSPS) is 10.0. The molecule has 0 saturated heterocycles. The number of carbonyl (C=O) groups excluding carboxylic acids is 1. The van der Waals surface area contributed by atoms with Crippen LogP contribution >= 0.6 is 0 Å². The Morgan fingerprint density at radius 3 is 2.19 bits per heavy atom. The molecule has 2 aromatic carbocycles. The van der Waals surface area contributed by atoms with Gasteiger partial charge in [0, 0.05) is 25.3 Å². The number of anilines is 2. The van der Waals surface area contributed by atoms with Gasteiger partial charge in [-0.1, -0.05) is 12.1 Å². The maximum Gasteiger partial charge on any atom is 0.337 e. The first-order chi connectivity index (χ1) is 9.99. The maximum absolute atomic E-state index is 12.2. The average molecular weight is 284 g/mol. The number of nitrogens with zero attached hydrogens (tertiary/aromatic N) is 1. The predicted octanol–water partition coefficient (Wildman–Crippen LogP) is 2.70. The summed E-state index contributed by atoms with van der Waals surface area (Å²) in [5, 5.41) is 11.7. The summed E-state index contributed by atoms with van der Waals surface area (Å²) in [6, 6.07) is 13.4. The quantitative estimate of drug-likeness (QED) is 0.905. The van der Waals surface area contributed by atoms with E-state index < -0.39 is 5.97 Å². The first kappa shape index (κ1) is 14.6. The van der Waals surface area contributed by atoms with Gasteiger partial charge in [-0.2, -0.15) is 0 Å². The molecule has 2 aromatic rings. The minimum absolute atomic E-state index is 0.0655. The topological polar surface area (TPSA) is 69.6 Å². The Morgan fingerprint density at radius 1 is 1.00 bits per heavy atom. The van der Waals surface area contributed by atoms with Crippen LogP contribution in [-0.4, -0.2) is 31.1 Å². The summed E-state index contributed by atoms with van der Waals surface area (Å²) in [4.78, 5) is 25.2. The molecule has 2 rings (SSSR count). The van der Waals surface area contributed by atoms with Crippen molar-refractivity contribution in [2.45, 2.75) is 0 Å². The number of carboxylic acids is 1. The van der Waals surface area contributed by atoms with Crippen molar-refractivity contribution in [3.63, 3.8) is 0 Å². The number of carbonyl (C=O) groups is 2. The lowest BCUT2D eigenvalue weighted by molar-refractivity contribution is 0.0698. The molecule has 0 fully saturated rings. The van der Waals surface area contributed by atoms with E-state index >= 15 is 0 Å². The summed E-state index contributed by atoms with van der Waals surface area (Å²) in [7, 11) is 3.83. The molecule has 0 bridgehead atoms. The van der Waals surface area contributed by atoms with Crippen molar-refractivity contribution in [2.75, 3.05) is 24.3 Å². The SMILES string of the molecule is CN(C)c1ccc(C(=O)Nc2ccccc2C(=O)O)cc1. The summed E-state index contributed by atoms with van der Waals surface area (Å²) in [5.74, 6) is -1.41. The largest absolute Gasteiger partial charge is 0.478 e. The van der Waals surface area contributed by atoms with Crippen LogP contribution in [-0.2, 0) is 0 Å². The highest BCUT2D eigenvalue weighted by atomic mass is 16.4. The lowest BCUT2D eigenvalue weighted by atomic mass is 10.1. The van der Waals surface area contributed by atoms with E-state index in [9.17, 15) is 9.59 Å². The fourth-order valence-electron chi connectivity index (χ4n) is 1.88. The van der Waals surface area contributed by atoms with Crippen LogP contribution in [0.2, 0.25) is 0 Å². The van der Waals surface area contributed by atoms with Gasteiger partial charge in [0.25, 0.3) is 5.91 Å². The Labute approximate surface area is 122 Å². The van der Waals surface area contributed by atoms with Crippen molar-refractivity contribution in [3.8, 4) is 0 Å². The number of carboxylic acid groups (broad SMARTS) is 1. The molecule has 0 aliphatic rings. The summed E-state index contributed by atoms with van der Waals surface area (Å²) < 4.78 is 0. The molecule has 0 aliphatic heterocycles. The van der Waals surface area contributed by atoms with Gasteiger partial charge in [-0.25, -0.2) is 4.79 Å². The van der Waals surface area contributed by atoms with Gasteiger partial charge >= 0.3 is 5.97 Å². The van der Waals surface area contributed by atoms with Crippen molar-refractivity contribution in [1.82, 2.24) is 0 Å². The fourth-order valence-corrected chi connectivity index (χ4v) is 1.88. The van der Waals surface area contributed by atoms with Gasteiger partial charge in [-0.05, 0) is 36.4 Å². The third-order valence-electron chi connectivity index (χ3n) is 3.05. The highest BCUT2D eigenvalue weighted by Gasteiger charge is 2.12. The van der Waals surface area contributed by atoms with E-state index in [1.165, 1.54) is 6.07 Å². The molecule has 108 valence electrons. The van der Waals surface area contributed by atoms with E-state index in [-0.39, 0.29) is 17.2 Å². The van der Waals surface area contributed by atoms with Crippen molar-refractivity contribution in [1.29, 1.82) is 0 Å². The molecule has 0 aliphatic carbocycles. The molecule has 1 amide bonds. The minimum atomic E-state index is -1.08. The van der Waals surface area contributed by atoms with E-state index in [1.54, 1.807) is 30.3 Å².